The number of nitrogens with zero attached hydrogens (tertiary/aromatic N) is 3. The molecule has 1 atom stereocenters. The Bertz CT molecular complexity index is 719. The number of amides is 1. The SMILES string of the molecule is CC(C)(C)C(=O)N1CCCC(c2nnc(-c3ccc(F)cc3)o2)C1. The average Bonchev–Trinajstić information content (AvgIpc) is 3.04. The highest BCUT2D eigenvalue weighted by atomic mass is 19.1. The van der Waals surface area contributed by atoms with Crippen LogP contribution in [0.4, 0.5) is 4.39 Å². The third kappa shape index (κ3) is 3.47. The van der Waals surface area contributed by atoms with Crippen molar-refractivity contribution < 1.29 is 13.6 Å². The van der Waals surface area contributed by atoms with Crippen LogP contribution >= 0.6 is 0 Å². The molecule has 6 heteroatoms. The Morgan fingerprint density at radius 2 is 1.96 bits per heavy atom. The van der Waals surface area contributed by atoms with E-state index in [1.165, 1.54) is 12.1 Å². The molecule has 128 valence electrons. The summed E-state index contributed by atoms with van der Waals surface area (Å²) in [5, 5.41) is 8.21. The molecule has 1 unspecified atom stereocenters. The fourth-order valence-electron chi connectivity index (χ4n) is 2.95. The van der Waals surface area contributed by atoms with E-state index in [-0.39, 0.29) is 17.6 Å². The highest BCUT2D eigenvalue weighted by Crippen LogP contribution is 2.30. The van der Waals surface area contributed by atoms with Crippen molar-refractivity contribution in [2.45, 2.75) is 39.5 Å². The van der Waals surface area contributed by atoms with Gasteiger partial charge >= 0.3 is 0 Å². The molecule has 2 heterocycles. The van der Waals surface area contributed by atoms with Gasteiger partial charge in [0.1, 0.15) is 5.82 Å². The normalized spacial score (nSPS) is 18.7. The minimum atomic E-state index is -0.393. The Labute approximate surface area is 140 Å². The van der Waals surface area contributed by atoms with E-state index in [1.807, 2.05) is 25.7 Å². The summed E-state index contributed by atoms with van der Waals surface area (Å²) in [5.74, 6) is 0.810. The van der Waals surface area contributed by atoms with Gasteiger partial charge in [0.25, 0.3) is 0 Å². The van der Waals surface area contributed by atoms with Crippen molar-refractivity contribution >= 4 is 5.91 Å². The van der Waals surface area contributed by atoms with Crippen molar-refractivity contribution in [2.75, 3.05) is 13.1 Å². The van der Waals surface area contributed by atoms with Crippen LogP contribution in [-0.2, 0) is 4.79 Å². The highest BCUT2D eigenvalue weighted by molar-refractivity contribution is 5.81. The van der Waals surface area contributed by atoms with Crippen LogP contribution in [0.5, 0.6) is 0 Å². The summed E-state index contributed by atoms with van der Waals surface area (Å²) in [7, 11) is 0. The number of hydrogen-bond donors (Lipinski definition) is 0. The van der Waals surface area contributed by atoms with Gasteiger partial charge in [0.05, 0.1) is 5.92 Å². The van der Waals surface area contributed by atoms with Gasteiger partial charge < -0.3 is 9.32 Å². The number of aromatic nitrogens is 2. The first-order valence-electron chi connectivity index (χ1n) is 8.23. The summed E-state index contributed by atoms with van der Waals surface area (Å²) < 4.78 is 18.8. The molecule has 0 bridgehead atoms. The van der Waals surface area contributed by atoms with Gasteiger partial charge in [0.2, 0.25) is 17.7 Å². The molecule has 1 aromatic carbocycles. The summed E-state index contributed by atoms with van der Waals surface area (Å²) in [6, 6.07) is 5.96. The van der Waals surface area contributed by atoms with Crippen molar-refractivity contribution in [3.8, 4) is 11.5 Å². The van der Waals surface area contributed by atoms with Gasteiger partial charge in [-0.15, -0.1) is 10.2 Å². The Kier molecular flexibility index (Phi) is 4.39. The van der Waals surface area contributed by atoms with Gasteiger partial charge in [-0.05, 0) is 37.1 Å². The van der Waals surface area contributed by atoms with E-state index in [0.29, 0.717) is 23.9 Å². The molecule has 0 saturated carbocycles. The molecule has 0 N–H and O–H groups in total. The summed E-state index contributed by atoms with van der Waals surface area (Å²) in [5.41, 5.74) is 0.296. The van der Waals surface area contributed by atoms with Gasteiger partial charge in [0.15, 0.2) is 0 Å². The third-order valence-electron chi connectivity index (χ3n) is 4.23. The first kappa shape index (κ1) is 16.6. The van der Waals surface area contributed by atoms with Gasteiger partial charge in [-0.2, -0.15) is 0 Å². The first-order valence-corrected chi connectivity index (χ1v) is 8.23. The quantitative estimate of drug-likeness (QED) is 0.843. The maximum Gasteiger partial charge on any atom is 0.247 e. The molecule has 1 fully saturated rings. The molecule has 1 saturated heterocycles. The molecule has 0 aliphatic carbocycles. The van der Waals surface area contributed by atoms with Crippen molar-refractivity contribution in [3.63, 3.8) is 0 Å². The lowest BCUT2D eigenvalue weighted by Crippen LogP contribution is -2.44. The van der Waals surface area contributed by atoms with E-state index in [4.69, 9.17) is 4.42 Å². The van der Waals surface area contributed by atoms with Crippen LogP contribution in [0.2, 0.25) is 0 Å². The zero-order chi connectivity index (χ0) is 17.3. The number of benzene rings is 1. The third-order valence-corrected chi connectivity index (χ3v) is 4.23. The van der Waals surface area contributed by atoms with Gasteiger partial charge in [-0.1, -0.05) is 20.8 Å². The number of rotatable bonds is 2. The summed E-state index contributed by atoms with van der Waals surface area (Å²) >= 11 is 0. The monoisotopic (exact) mass is 331 g/mol. The van der Waals surface area contributed by atoms with Crippen LogP contribution < -0.4 is 0 Å². The number of halogens is 1. The molecular weight excluding hydrogens is 309 g/mol. The number of carbonyl (C=O) groups is 1. The van der Waals surface area contributed by atoms with Crippen LogP contribution in [-0.4, -0.2) is 34.1 Å². The topological polar surface area (TPSA) is 59.2 Å². The molecule has 1 aliphatic heterocycles. The van der Waals surface area contributed by atoms with Crippen molar-refractivity contribution in [3.05, 3.63) is 36.0 Å². The minimum absolute atomic E-state index is 0.0479. The Balaban J connectivity index is 1.75. The molecule has 5 nitrogen and oxygen atoms in total. The van der Waals surface area contributed by atoms with Crippen LogP contribution in [0, 0.1) is 11.2 Å². The molecule has 24 heavy (non-hydrogen) atoms. The van der Waals surface area contributed by atoms with E-state index >= 15 is 0 Å². The van der Waals surface area contributed by atoms with E-state index in [0.717, 1.165) is 19.4 Å². The lowest BCUT2D eigenvalue weighted by Gasteiger charge is -2.35. The van der Waals surface area contributed by atoms with Gasteiger partial charge in [0, 0.05) is 24.1 Å². The first-order chi connectivity index (χ1) is 11.3. The largest absolute Gasteiger partial charge is 0.420 e. The second-order valence-electron chi connectivity index (χ2n) is 7.29. The number of piperidine rings is 1. The van der Waals surface area contributed by atoms with Crippen LogP contribution in [0.25, 0.3) is 11.5 Å². The standard InChI is InChI=1S/C18H22FN3O2/c1-18(2,3)17(23)22-10-4-5-13(11-22)16-21-20-15(24-16)12-6-8-14(19)9-7-12/h6-9,13H,4-5,10-11H2,1-3H3. The predicted molar refractivity (Wildman–Crippen MR) is 87.7 cm³/mol. The maximum absolute atomic E-state index is 13.0. The van der Waals surface area contributed by atoms with Crippen molar-refractivity contribution in [2.24, 2.45) is 5.41 Å². The zero-order valence-electron chi connectivity index (χ0n) is 14.3. The van der Waals surface area contributed by atoms with Crippen LogP contribution in [0.1, 0.15) is 45.4 Å². The highest BCUT2D eigenvalue weighted by Gasteiger charge is 2.33. The minimum Gasteiger partial charge on any atom is -0.420 e. The Morgan fingerprint density at radius 3 is 2.62 bits per heavy atom. The second-order valence-corrected chi connectivity index (χ2v) is 7.29. The molecule has 0 radical (unpaired) electrons. The Hall–Kier alpha value is -2.24. The van der Waals surface area contributed by atoms with E-state index in [9.17, 15) is 9.18 Å². The fraction of sp³-hybridized carbons (Fsp3) is 0.500. The molecule has 1 amide bonds. The second kappa shape index (κ2) is 6.34. The zero-order valence-corrected chi connectivity index (χ0v) is 14.3. The number of hydrogen-bond acceptors (Lipinski definition) is 4. The number of likely N-dealkylation sites (tertiary alicyclic amines) is 1. The average molecular weight is 331 g/mol. The summed E-state index contributed by atoms with van der Waals surface area (Å²) in [4.78, 5) is 14.4. The predicted octanol–water partition coefficient (Wildman–Crippen LogP) is 3.63. The molecule has 2 aromatic rings. The van der Waals surface area contributed by atoms with E-state index < -0.39 is 5.41 Å². The van der Waals surface area contributed by atoms with Crippen LogP contribution in [0.15, 0.2) is 28.7 Å². The lowest BCUT2D eigenvalue weighted by molar-refractivity contribution is -0.140. The molecule has 3 rings (SSSR count). The summed E-state index contributed by atoms with van der Waals surface area (Å²) in [6.07, 6.45) is 1.83. The molecule has 1 aliphatic rings. The van der Waals surface area contributed by atoms with Crippen molar-refractivity contribution in [1.29, 1.82) is 0 Å². The van der Waals surface area contributed by atoms with E-state index in [1.54, 1.807) is 12.1 Å². The molecule has 0 spiro atoms. The molecule has 1 aromatic heterocycles. The van der Waals surface area contributed by atoms with Gasteiger partial charge in [-0.25, -0.2) is 4.39 Å². The molecular formula is C18H22FN3O2. The lowest BCUT2D eigenvalue weighted by atomic mass is 9.91. The summed E-state index contributed by atoms with van der Waals surface area (Å²) in [6.45, 7) is 7.15. The van der Waals surface area contributed by atoms with Gasteiger partial charge in [-0.3, -0.25) is 4.79 Å². The smallest absolute Gasteiger partial charge is 0.247 e. The fourth-order valence-corrected chi connectivity index (χ4v) is 2.95. The number of carbonyl (C=O) groups excluding carboxylic acids is 1. The van der Waals surface area contributed by atoms with E-state index in [2.05, 4.69) is 10.2 Å². The Morgan fingerprint density at radius 1 is 1.25 bits per heavy atom. The maximum atomic E-state index is 13.0. The van der Waals surface area contributed by atoms with Crippen LogP contribution in [0.3, 0.4) is 0 Å². The van der Waals surface area contributed by atoms with Crippen molar-refractivity contribution in [1.82, 2.24) is 15.1 Å².